The van der Waals surface area contributed by atoms with E-state index in [0.29, 0.717) is 5.52 Å². The molecule has 2 heterocycles. The second kappa shape index (κ2) is 4.86. The third kappa shape index (κ3) is 2.31. The zero-order valence-electron chi connectivity index (χ0n) is 8.92. The van der Waals surface area contributed by atoms with Gasteiger partial charge in [0.05, 0.1) is 23.5 Å². The van der Waals surface area contributed by atoms with Crippen molar-refractivity contribution in [2.75, 3.05) is 6.61 Å². The second-order valence-corrected chi connectivity index (χ2v) is 3.35. The maximum absolute atomic E-state index is 12.0. The summed E-state index contributed by atoms with van der Waals surface area (Å²) in [6, 6.07) is 2.84. The molecule has 0 saturated carbocycles. The number of hydrogen-bond acceptors (Lipinski definition) is 4. The lowest BCUT2D eigenvalue weighted by Gasteiger charge is -2.05. The molecule has 2 rings (SSSR count). The number of ether oxygens (including phenoxy) is 1. The van der Waals surface area contributed by atoms with Crippen molar-refractivity contribution < 1.29 is 18.3 Å². The third-order valence-electron chi connectivity index (χ3n) is 2.18. The average Bonchev–Trinajstić information content (AvgIpc) is 2.78. The fourth-order valence-corrected chi connectivity index (χ4v) is 1.42. The van der Waals surface area contributed by atoms with Crippen LogP contribution >= 0.6 is 0 Å². The molecule has 0 aliphatic heterocycles. The molecule has 0 spiro atoms. The fourth-order valence-electron chi connectivity index (χ4n) is 1.42. The zero-order valence-corrected chi connectivity index (χ0v) is 8.92. The van der Waals surface area contributed by atoms with Crippen LogP contribution in [0.25, 0.3) is 5.52 Å². The van der Waals surface area contributed by atoms with Gasteiger partial charge in [0.2, 0.25) is 0 Å². The molecule has 2 aromatic heterocycles. The van der Waals surface area contributed by atoms with Crippen LogP contribution in [0.2, 0.25) is 0 Å². The maximum Gasteiger partial charge on any atom is 0.320 e. The number of carbonyl (C=O) groups excluding carboxylic acids is 1. The Morgan fingerprint density at radius 3 is 2.94 bits per heavy atom. The van der Waals surface area contributed by atoms with Crippen LogP contribution in [0, 0.1) is 4.91 Å². The number of alkyl halides is 2. The minimum atomic E-state index is -2.57. The Kier molecular flexibility index (Phi) is 3.26. The highest BCUT2D eigenvalue weighted by Crippen LogP contribution is 2.17. The molecule has 6 nitrogen and oxygen atoms in total. The average molecular weight is 255 g/mol. The van der Waals surface area contributed by atoms with Crippen LogP contribution in [0.1, 0.15) is 10.4 Å². The molecule has 0 aliphatic carbocycles. The molecular formula is C10H7F2N3O3. The topological polar surface area (TPSA) is 73.0 Å². The van der Waals surface area contributed by atoms with Gasteiger partial charge in [-0.05, 0) is 12.1 Å². The predicted molar refractivity (Wildman–Crippen MR) is 56.8 cm³/mol. The maximum atomic E-state index is 12.0. The summed E-state index contributed by atoms with van der Waals surface area (Å²) < 4.78 is 29.9. The van der Waals surface area contributed by atoms with Crippen molar-refractivity contribution in [1.82, 2.24) is 9.61 Å². The molecule has 0 aromatic carbocycles. The number of pyridine rings is 1. The first-order valence-electron chi connectivity index (χ1n) is 4.88. The number of amides is 1. The van der Waals surface area contributed by atoms with Gasteiger partial charge in [0.15, 0.2) is 0 Å². The van der Waals surface area contributed by atoms with Gasteiger partial charge in [-0.3, -0.25) is 4.79 Å². The van der Waals surface area contributed by atoms with E-state index in [9.17, 15) is 18.5 Å². The number of fused-ring (bicyclic) bond motifs is 1. The van der Waals surface area contributed by atoms with Gasteiger partial charge in [0.1, 0.15) is 12.4 Å². The standard InChI is InChI=1S/C10H7F2N3O3/c11-9(12)5-18-6-1-2-8-7(10(16)14-17)3-13-15(8)4-6/h1-4,9H,5H2. The smallest absolute Gasteiger partial charge is 0.320 e. The summed E-state index contributed by atoms with van der Waals surface area (Å²) in [5.41, 5.74) is 0.398. The van der Waals surface area contributed by atoms with Crippen molar-refractivity contribution in [2.45, 2.75) is 6.43 Å². The van der Waals surface area contributed by atoms with E-state index in [0.717, 1.165) is 0 Å². The van der Waals surface area contributed by atoms with Gasteiger partial charge in [-0.25, -0.2) is 13.3 Å². The molecule has 94 valence electrons. The molecule has 8 heteroatoms. The van der Waals surface area contributed by atoms with E-state index in [1.165, 1.54) is 29.0 Å². The Morgan fingerprint density at radius 1 is 1.50 bits per heavy atom. The first kappa shape index (κ1) is 12.1. The molecular weight excluding hydrogens is 248 g/mol. The summed E-state index contributed by atoms with van der Waals surface area (Å²) >= 11 is 0. The van der Waals surface area contributed by atoms with Crippen molar-refractivity contribution >= 4 is 11.4 Å². The number of nitrogens with zero attached hydrogens (tertiary/aromatic N) is 3. The fraction of sp³-hybridized carbons (Fsp3) is 0.200. The number of rotatable bonds is 4. The first-order valence-corrected chi connectivity index (χ1v) is 4.88. The van der Waals surface area contributed by atoms with Crippen molar-refractivity contribution in [3.05, 3.63) is 35.0 Å². The molecule has 0 bridgehead atoms. The summed E-state index contributed by atoms with van der Waals surface area (Å²) in [4.78, 5) is 21.3. The summed E-state index contributed by atoms with van der Waals surface area (Å²) in [7, 11) is 0. The highest BCUT2D eigenvalue weighted by atomic mass is 19.3. The van der Waals surface area contributed by atoms with Crippen molar-refractivity contribution in [3.63, 3.8) is 0 Å². The van der Waals surface area contributed by atoms with E-state index in [-0.39, 0.29) is 11.3 Å². The summed E-state index contributed by atoms with van der Waals surface area (Å²) in [5.74, 6) is -0.754. The number of halogens is 2. The minimum absolute atomic E-state index is 0.0467. The molecule has 0 fully saturated rings. The summed E-state index contributed by atoms with van der Waals surface area (Å²) in [6.07, 6.45) is -0.0652. The van der Waals surface area contributed by atoms with Crippen molar-refractivity contribution in [3.8, 4) is 5.75 Å². The lowest BCUT2D eigenvalue weighted by atomic mass is 10.2. The molecule has 0 radical (unpaired) electrons. The van der Waals surface area contributed by atoms with E-state index < -0.39 is 18.9 Å². The van der Waals surface area contributed by atoms with Crippen molar-refractivity contribution in [2.24, 2.45) is 5.18 Å². The summed E-state index contributed by atoms with van der Waals surface area (Å²) in [5, 5.41) is 6.10. The lowest BCUT2D eigenvalue weighted by Crippen LogP contribution is -2.07. The molecule has 0 aliphatic rings. The predicted octanol–water partition coefficient (Wildman–Crippen LogP) is 1.88. The van der Waals surface area contributed by atoms with Gasteiger partial charge >= 0.3 is 5.91 Å². The van der Waals surface area contributed by atoms with E-state index >= 15 is 0 Å². The molecule has 0 atom stereocenters. The monoisotopic (exact) mass is 255 g/mol. The van der Waals surface area contributed by atoms with E-state index in [2.05, 4.69) is 10.3 Å². The molecule has 18 heavy (non-hydrogen) atoms. The van der Waals surface area contributed by atoms with Crippen LogP contribution in [-0.2, 0) is 0 Å². The van der Waals surface area contributed by atoms with Gasteiger partial charge < -0.3 is 4.74 Å². The van der Waals surface area contributed by atoms with Crippen LogP contribution in [0.3, 0.4) is 0 Å². The highest BCUT2D eigenvalue weighted by molar-refractivity contribution is 6.01. The second-order valence-electron chi connectivity index (χ2n) is 3.35. The number of carbonyl (C=O) groups is 1. The van der Waals surface area contributed by atoms with Crippen LogP contribution in [0.15, 0.2) is 29.7 Å². The zero-order chi connectivity index (χ0) is 13.1. The molecule has 1 amide bonds. The summed E-state index contributed by atoms with van der Waals surface area (Å²) in [6.45, 7) is -0.728. The highest BCUT2D eigenvalue weighted by Gasteiger charge is 2.13. The molecule has 0 saturated heterocycles. The Labute approximate surface area is 99.1 Å². The van der Waals surface area contributed by atoms with Crippen LogP contribution in [0.4, 0.5) is 8.78 Å². The third-order valence-corrected chi connectivity index (χ3v) is 2.18. The SMILES string of the molecule is O=NC(=O)c1cnn2cc(OCC(F)F)ccc12. The van der Waals surface area contributed by atoms with Crippen molar-refractivity contribution in [1.29, 1.82) is 0 Å². The van der Waals surface area contributed by atoms with E-state index in [1.807, 2.05) is 0 Å². The number of hydrogen-bond donors (Lipinski definition) is 0. The minimum Gasteiger partial charge on any atom is -0.486 e. The largest absolute Gasteiger partial charge is 0.486 e. The van der Waals surface area contributed by atoms with Crippen LogP contribution < -0.4 is 4.74 Å². The van der Waals surface area contributed by atoms with Gasteiger partial charge in [-0.2, -0.15) is 5.10 Å². The van der Waals surface area contributed by atoms with Gasteiger partial charge in [0, 0.05) is 5.18 Å². The Bertz CT molecular complexity index is 597. The van der Waals surface area contributed by atoms with Crippen LogP contribution in [0.5, 0.6) is 5.75 Å². The van der Waals surface area contributed by atoms with E-state index in [4.69, 9.17) is 4.74 Å². The quantitative estimate of drug-likeness (QED) is 0.782. The van der Waals surface area contributed by atoms with Gasteiger partial charge in [0.25, 0.3) is 6.43 Å². The van der Waals surface area contributed by atoms with Crippen LogP contribution in [-0.4, -0.2) is 28.6 Å². The Morgan fingerprint density at radius 2 is 2.28 bits per heavy atom. The van der Waals surface area contributed by atoms with Gasteiger partial charge in [-0.1, -0.05) is 0 Å². The van der Waals surface area contributed by atoms with Gasteiger partial charge in [-0.15, -0.1) is 4.91 Å². The number of aromatic nitrogens is 2. The lowest BCUT2D eigenvalue weighted by molar-refractivity contribution is 0.0816. The number of nitroso groups, excluding NO2 is 1. The normalized spacial score (nSPS) is 10.8. The first-order chi connectivity index (χ1) is 8.61. The molecule has 0 unspecified atom stereocenters. The molecule has 0 N–H and O–H groups in total. The Balaban J connectivity index is 2.31. The molecule has 2 aromatic rings. The van der Waals surface area contributed by atoms with E-state index in [1.54, 1.807) is 0 Å². The Hall–Kier alpha value is -2.38.